The number of hydrogen-bond donors (Lipinski definition) is 0. The van der Waals surface area contributed by atoms with Crippen LogP contribution in [-0.2, 0) is 17.6 Å². The van der Waals surface area contributed by atoms with Crippen LogP contribution in [0.2, 0.25) is 5.02 Å². The Bertz CT molecular complexity index is 1040. The molecule has 158 valence electrons. The average Bonchev–Trinajstić information content (AvgIpc) is 3.06. The Kier molecular flexibility index (Phi) is 6.74. The molecule has 0 amide bonds. The summed E-state index contributed by atoms with van der Waals surface area (Å²) in [6.07, 6.45) is -4.59. The van der Waals surface area contributed by atoms with Gasteiger partial charge in [0.05, 0.1) is 10.6 Å². The van der Waals surface area contributed by atoms with Gasteiger partial charge in [-0.15, -0.1) is 0 Å². The van der Waals surface area contributed by atoms with E-state index in [9.17, 15) is 23.3 Å². The molecule has 3 aromatic rings. The standard InChI is InChI=1S/C20H16ClF3N2O3S/c1-2-29-12-25-18(20(22,23)24)11-17(19(25)13-3-5-14(21)6-4-13)30-16-9-7-15(8-10-16)26(27)28/h3-11H,2,12H2,1H3. The fourth-order valence-corrected chi connectivity index (χ4v) is 3.97. The van der Waals surface area contributed by atoms with Crippen LogP contribution in [0.3, 0.4) is 0 Å². The molecule has 0 fully saturated rings. The van der Waals surface area contributed by atoms with Gasteiger partial charge in [0.25, 0.3) is 5.69 Å². The number of halogens is 4. The van der Waals surface area contributed by atoms with E-state index in [0.29, 0.717) is 26.1 Å². The van der Waals surface area contributed by atoms with E-state index in [0.717, 1.165) is 22.4 Å². The number of nitro benzene ring substituents is 1. The molecular formula is C20H16ClF3N2O3S. The number of benzene rings is 2. The fraction of sp³-hybridized carbons (Fsp3) is 0.200. The first-order chi connectivity index (χ1) is 14.2. The van der Waals surface area contributed by atoms with Crippen LogP contribution in [-0.4, -0.2) is 16.1 Å². The summed E-state index contributed by atoms with van der Waals surface area (Å²) in [7, 11) is 0. The lowest BCUT2D eigenvalue weighted by Crippen LogP contribution is -2.15. The quantitative estimate of drug-likeness (QED) is 0.287. The molecule has 0 aliphatic carbocycles. The van der Waals surface area contributed by atoms with Crippen molar-refractivity contribution in [3.05, 3.63) is 75.4 Å². The molecule has 0 bridgehead atoms. The van der Waals surface area contributed by atoms with Crippen molar-refractivity contribution in [1.82, 2.24) is 4.57 Å². The molecule has 0 aliphatic rings. The zero-order valence-electron chi connectivity index (χ0n) is 15.6. The van der Waals surface area contributed by atoms with Gasteiger partial charge < -0.3 is 9.30 Å². The third kappa shape index (κ3) is 4.97. The van der Waals surface area contributed by atoms with Crippen molar-refractivity contribution in [3.63, 3.8) is 0 Å². The van der Waals surface area contributed by atoms with Crippen LogP contribution in [0.15, 0.2) is 64.4 Å². The summed E-state index contributed by atoms with van der Waals surface area (Å²) in [5.41, 5.74) is -0.0673. The van der Waals surface area contributed by atoms with E-state index in [1.165, 1.54) is 24.3 Å². The first kappa shape index (κ1) is 22.2. The molecule has 30 heavy (non-hydrogen) atoms. The van der Waals surface area contributed by atoms with Crippen LogP contribution in [0.4, 0.5) is 18.9 Å². The van der Waals surface area contributed by atoms with E-state index in [4.69, 9.17) is 16.3 Å². The highest BCUT2D eigenvalue weighted by Gasteiger charge is 2.37. The highest BCUT2D eigenvalue weighted by atomic mass is 35.5. The number of nitrogens with zero attached hydrogens (tertiary/aromatic N) is 2. The molecule has 10 heteroatoms. The monoisotopic (exact) mass is 456 g/mol. The average molecular weight is 457 g/mol. The summed E-state index contributed by atoms with van der Waals surface area (Å²) in [6, 6.07) is 13.2. The lowest BCUT2D eigenvalue weighted by Gasteiger charge is -2.16. The van der Waals surface area contributed by atoms with E-state index < -0.39 is 16.8 Å². The van der Waals surface area contributed by atoms with Gasteiger partial charge in [-0.2, -0.15) is 13.2 Å². The largest absolute Gasteiger partial charge is 0.431 e. The summed E-state index contributed by atoms with van der Waals surface area (Å²) in [5, 5.41) is 11.3. The Morgan fingerprint density at radius 2 is 1.77 bits per heavy atom. The van der Waals surface area contributed by atoms with Crippen LogP contribution < -0.4 is 0 Å². The van der Waals surface area contributed by atoms with E-state index in [-0.39, 0.29) is 19.0 Å². The molecule has 5 nitrogen and oxygen atoms in total. The Labute approximate surface area is 179 Å². The molecule has 0 N–H and O–H groups in total. The van der Waals surface area contributed by atoms with Crippen molar-refractivity contribution in [2.45, 2.75) is 29.6 Å². The van der Waals surface area contributed by atoms with Gasteiger partial charge in [0.1, 0.15) is 12.4 Å². The van der Waals surface area contributed by atoms with Crippen LogP contribution in [0.25, 0.3) is 11.3 Å². The molecule has 0 unspecified atom stereocenters. The summed E-state index contributed by atoms with van der Waals surface area (Å²) < 4.78 is 47.6. The van der Waals surface area contributed by atoms with E-state index in [1.54, 1.807) is 31.2 Å². The van der Waals surface area contributed by atoms with Gasteiger partial charge in [0, 0.05) is 33.6 Å². The van der Waals surface area contributed by atoms with Gasteiger partial charge in [0.15, 0.2) is 0 Å². The lowest BCUT2D eigenvalue weighted by molar-refractivity contribution is -0.384. The minimum Gasteiger partial charge on any atom is -0.361 e. The van der Waals surface area contributed by atoms with E-state index >= 15 is 0 Å². The van der Waals surface area contributed by atoms with Crippen molar-refractivity contribution in [3.8, 4) is 11.3 Å². The van der Waals surface area contributed by atoms with Crippen molar-refractivity contribution in [2.75, 3.05) is 6.61 Å². The Morgan fingerprint density at radius 3 is 2.30 bits per heavy atom. The van der Waals surface area contributed by atoms with Crippen LogP contribution >= 0.6 is 23.4 Å². The van der Waals surface area contributed by atoms with Gasteiger partial charge in [-0.25, -0.2) is 0 Å². The number of nitro groups is 1. The lowest BCUT2D eigenvalue weighted by atomic mass is 10.1. The number of rotatable bonds is 7. The van der Waals surface area contributed by atoms with Gasteiger partial charge in [-0.1, -0.05) is 35.5 Å². The second-order valence-corrected chi connectivity index (χ2v) is 7.70. The highest BCUT2D eigenvalue weighted by molar-refractivity contribution is 7.99. The maximum atomic E-state index is 13.7. The topological polar surface area (TPSA) is 57.3 Å². The Morgan fingerprint density at radius 1 is 1.13 bits per heavy atom. The normalized spacial score (nSPS) is 11.6. The summed E-state index contributed by atoms with van der Waals surface area (Å²) in [4.78, 5) is 11.2. The number of non-ortho nitro benzene ring substituents is 1. The van der Waals surface area contributed by atoms with Crippen LogP contribution in [0.5, 0.6) is 0 Å². The zero-order valence-corrected chi connectivity index (χ0v) is 17.2. The Balaban J connectivity index is 2.13. The minimum absolute atomic E-state index is 0.0952. The van der Waals surface area contributed by atoms with E-state index in [2.05, 4.69) is 0 Å². The molecule has 0 saturated heterocycles. The predicted molar refractivity (Wildman–Crippen MR) is 109 cm³/mol. The first-order valence-electron chi connectivity index (χ1n) is 8.77. The predicted octanol–water partition coefficient (Wildman–Crippen LogP) is 6.88. The number of ether oxygens (including phenoxy) is 1. The molecule has 2 aromatic carbocycles. The molecule has 0 atom stereocenters. The Hall–Kier alpha value is -2.49. The molecular weight excluding hydrogens is 441 g/mol. The molecule has 0 aliphatic heterocycles. The SMILES string of the molecule is CCOCn1c(C(F)(F)F)cc(Sc2ccc([N+](=O)[O-])cc2)c1-c1ccc(Cl)cc1. The second kappa shape index (κ2) is 9.11. The van der Waals surface area contributed by atoms with Crippen LogP contribution in [0, 0.1) is 10.1 Å². The summed E-state index contributed by atoms with van der Waals surface area (Å²) in [5.74, 6) is 0. The molecule has 0 saturated carbocycles. The molecule has 3 rings (SSSR count). The minimum atomic E-state index is -4.59. The van der Waals surface area contributed by atoms with Crippen molar-refractivity contribution < 1.29 is 22.8 Å². The van der Waals surface area contributed by atoms with Crippen LogP contribution in [0.1, 0.15) is 12.6 Å². The fourth-order valence-electron chi connectivity index (χ4n) is 2.82. The highest BCUT2D eigenvalue weighted by Crippen LogP contribution is 2.43. The number of aromatic nitrogens is 1. The maximum absolute atomic E-state index is 13.7. The third-order valence-electron chi connectivity index (χ3n) is 4.17. The van der Waals surface area contributed by atoms with Crippen molar-refractivity contribution in [2.24, 2.45) is 0 Å². The van der Waals surface area contributed by atoms with Gasteiger partial charge in [-0.3, -0.25) is 10.1 Å². The zero-order chi connectivity index (χ0) is 21.9. The third-order valence-corrected chi connectivity index (χ3v) is 5.46. The summed E-state index contributed by atoms with van der Waals surface area (Å²) in [6.45, 7) is 1.68. The summed E-state index contributed by atoms with van der Waals surface area (Å²) >= 11 is 7.02. The molecule has 1 aromatic heterocycles. The second-order valence-electron chi connectivity index (χ2n) is 6.15. The van der Waals surface area contributed by atoms with Crippen molar-refractivity contribution >= 4 is 29.1 Å². The molecule has 1 heterocycles. The maximum Gasteiger partial charge on any atom is 0.431 e. The van der Waals surface area contributed by atoms with Gasteiger partial charge in [-0.05, 0) is 42.8 Å². The molecule has 0 radical (unpaired) electrons. The first-order valence-corrected chi connectivity index (χ1v) is 9.97. The molecule has 0 spiro atoms. The van der Waals surface area contributed by atoms with Gasteiger partial charge in [0.2, 0.25) is 0 Å². The number of hydrogen-bond acceptors (Lipinski definition) is 4. The smallest absolute Gasteiger partial charge is 0.361 e. The van der Waals surface area contributed by atoms with E-state index in [1.807, 2.05) is 0 Å². The van der Waals surface area contributed by atoms with Gasteiger partial charge >= 0.3 is 6.18 Å². The van der Waals surface area contributed by atoms with Crippen molar-refractivity contribution in [1.29, 1.82) is 0 Å². The number of alkyl halides is 3.